The molecule has 1 amide bonds. The van der Waals surface area contributed by atoms with Crippen LogP contribution in [-0.2, 0) is 4.79 Å². The Bertz CT molecular complexity index is 298. The molecule has 110 valence electrons. The zero-order valence-corrected chi connectivity index (χ0v) is 12.7. The van der Waals surface area contributed by atoms with Crippen LogP contribution in [0.1, 0.15) is 39.5 Å². The minimum absolute atomic E-state index is 0.338. The molecule has 3 atom stereocenters. The van der Waals surface area contributed by atoms with Crippen LogP contribution >= 0.6 is 0 Å². The van der Waals surface area contributed by atoms with Crippen molar-refractivity contribution >= 4 is 5.91 Å². The molecule has 4 heteroatoms. The molecule has 0 bridgehead atoms. The van der Waals surface area contributed by atoms with Crippen LogP contribution in [0, 0.1) is 5.92 Å². The van der Waals surface area contributed by atoms with Crippen LogP contribution in [0.25, 0.3) is 0 Å². The molecular weight excluding hydrogens is 238 g/mol. The predicted octanol–water partition coefficient (Wildman–Crippen LogP) is 1.32. The number of carbonyl (C=O) groups is 1. The van der Waals surface area contributed by atoms with E-state index < -0.39 is 0 Å². The molecule has 2 fully saturated rings. The van der Waals surface area contributed by atoms with Crippen LogP contribution in [0.2, 0.25) is 0 Å². The highest BCUT2D eigenvalue weighted by Gasteiger charge is 2.31. The lowest BCUT2D eigenvalue weighted by atomic mass is 9.97. The molecule has 0 aromatic rings. The highest BCUT2D eigenvalue weighted by atomic mass is 16.2. The fourth-order valence-electron chi connectivity index (χ4n) is 3.70. The number of hydrogen-bond acceptors (Lipinski definition) is 3. The molecule has 2 aliphatic rings. The van der Waals surface area contributed by atoms with E-state index >= 15 is 0 Å². The van der Waals surface area contributed by atoms with E-state index in [1.807, 2.05) is 7.05 Å². The molecule has 2 rings (SSSR count). The second-order valence-electron chi connectivity index (χ2n) is 6.38. The van der Waals surface area contributed by atoms with Gasteiger partial charge in [0.05, 0.1) is 6.54 Å². The maximum atomic E-state index is 12.5. The van der Waals surface area contributed by atoms with E-state index in [4.69, 9.17) is 0 Å². The highest BCUT2D eigenvalue weighted by molar-refractivity contribution is 5.79. The van der Waals surface area contributed by atoms with Crippen LogP contribution < -0.4 is 5.32 Å². The molecule has 3 unspecified atom stereocenters. The standard InChI is InChI=1S/C15H29N3O/c1-12-5-4-6-13(2)18(12)15(19)11-17-8-7-14(10-17)9-16-3/h12-14,16H,4-11H2,1-3H3. The lowest BCUT2D eigenvalue weighted by Gasteiger charge is -2.39. The van der Waals surface area contributed by atoms with Crippen molar-refractivity contribution in [2.24, 2.45) is 5.92 Å². The molecule has 0 aromatic heterocycles. The van der Waals surface area contributed by atoms with Gasteiger partial charge in [-0.15, -0.1) is 0 Å². The van der Waals surface area contributed by atoms with Crippen LogP contribution in [0.4, 0.5) is 0 Å². The molecule has 0 aromatic carbocycles. The average molecular weight is 267 g/mol. The van der Waals surface area contributed by atoms with Gasteiger partial charge < -0.3 is 10.2 Å². The van der Waals surface area contributed by atoms with Crippen molar-refractivity contribution < 1.29 is 4.79 Å². The van der Waals surface area contributed by atoms with E-state index in [0.717, 1.165) is 19.6 Å². The van der Waals surface area contributed by atoms with Crippen molar-refractivity contribution in [1.29, 1.82) is 0 Å². The average Bonchev–Trinajstić information content (AvgIpc) is 2.77. The first-order chi connectivity index (χ1) is 9.11. The van der Waals surface area contributed by atoms with E-state index in [1.165, 1.54) is 25.7 Å². The fourth-order valence-corrected chi connectivity index (χ4v) is 3.70. The number of nitrogens with zero attached hydrogens (tertiary/aromatic N) is 2. The summed E-state index contributed by atoms with van der Waals surface area (Å²) in [6.07, 6.45) is 4.82. The molecule has 0 saturated carbocycles. The number of rotatable bonds is 4. The largest absolute Gasteiger partial charge is 0.336 e. The first-order valence-electron chi connectivity index (χ1n) is 7.80. The fraction of sp³-hybridized carbons (Fsp3) is 0.933. The van der Waals surface area contributed by atoms with Crippen molar-refractivity contribution in [2.75, 3.05) is 33.2 Å². The van der Waals surface area contributed by atoms with Gasteiger partial charge in [0.2, 0.25) is 5.91 Å². The molecule has 1 N–H and O–H groups in total. The Morgan fingerprint density at radius 1 is 1.21 bits per heavy atom. The number of amides is 1. The summed E-state index contributed by atoms with van der Waals surface area (Å²) < 4.78 is 0. The summed E-state index contributed by atoms with van der Waals surface area (Å²) in [5, 5.41) is 3.24. The normalized spacial score (nSPS) is 32.8. The predicted molar refractivity (Wildman–Crippen MR) is 78.1 cm³/mol. The topological polar surface area (TPSA) is 35.6 Å². The minimum atomic E-state index is 0.338. The van der Waals surface area contributed by atoms with Gasteiger partial charge >= 0.3 is 0 Å². The number of carbonyl (C=O) groups excluding carboxylic acids is 1. The van der Waals surface area contributed by atoms with E-state index in [1.54, 1.807) is 0 Å². The van der Waals surface area contributed by atoms with Gasteiger partial charge in [0, 0.05) is 18.6 Å². The van der Waals surface area contributed by atoms with Crippen molar-refractivity contribution in [3.05, 3.63) is 0 Å². The zero-order chi connectivity index (χ0) is 13.8. The van der Waals surface area contributed by atoms with Crippen molar-refractivity contribution in [3.8, 4) is 0 Å². The Labute approximate surface area is 117 Å². The van der Waals surface area contributed by atoms with Crippen LogP contribution in [-0.4, -0.2) is 61.0 Å². The molecular formula is C15H29N3O. The molecule has 0 spiro atoms. The summed E-state index contributed by atoms with van der Waals surface area (Å²) in [6.45, 7) is 8.23. The second-order valence-corrected chi connectivity index (χ2v) is 6.38. The molecule has 0 radical (unpaired) electrons. The summed E-state index contributed by atoms with van der Waals surface area (Å²) >= 11 is 0. The maximum Gasteiger partial charge on any atom is 0.237 e. The van der Waals surface area contributed by atoms with Crippen molar-refractivity contribution in [1.82, 2.24) is 15.1 Å². The van der Waals surface area contributed by atoms with E-state index in [9.17, 15) is 4.79 Å². The van der Waals surface area contributed by atoms with E-state index in [2.05, 4.69) is 29.0 Å². The van der Waals surface area contributed by atoms with Gasteiger partial charge in [0.15, 0.2) is 0 Å². The SMILES string of the molecule is CNCC1CCN(CC(=O)N2C(C)CCCC2C)C1. The maximum absolute atomic E-state index is 12.5. The quantitative estimate of drug-likeness (QED) is 0.834. The Kier molecular flexibility index (Phi) is 5.22. The van der Waals surface area contributed by atoms with Gasteiger partial charge in [0.25, 0.3) is 0 Å². The van der Waals surface area contributed by atoms with Crippen LogP contribution in [0.3, 0.4) is 0 Å². The van der Waals surface area contributed by atoms with Gasteiger partial charge in [0.1, 0.15) is 0 Å². The lowest BCUT2D eigenvalue weighted by molar-refractivity contribution is -0.138. The van der Waals surface area contributed by atoms with Gasteiger partial charge in [-0.2, -0.15) is 0 Å². The van der Waals surface area contributed by atoms with Gasteiger partial charge in [-0.1, -0.05) is 0 Å². The third-order valence-electron chi connectivity index (χ3n) is 4.70. The lowest BCUT2D eigenvalue weighted by Crippen LogP contribution is -2.50. The van der Waals surface area contributed by atoms with Gasteiger partial charge in [-0.05, 0) is 65.6 Å². The molecule has 0 aliphatic carbocycles. The van der Waals surface area contributed by atoms with Crippen LogP contribution in [0.15, 0.2) is 0 Å². The van der Waals surface area contributed by atoms with E-state index in [0.29, 0.717) is 30.5 Å². The second kappa shape index (κ2) is 6.71. The Morgan fingerprint density at radius 2 is 1.89 bits per heavy atom. The van der Waals surface area contributed by atoms with Crippen molar-refractivity contribution in [3.63, 3.8) is 0 Å². The summed E-state index contributed by atoms with van der Waals surface area (Å²) in [6, 6.07) is 0.846. The molecule has 19 heavy (non-hydrogen) atoms. The van der Waals surface area contributed by atoms with Crippen molar-refractivity contribution in [2.45, 2.75) is 51.6 Å². The minimum Gasteiger partial charge on any atom is -0.336 e. The molecule has 2 aliphatic heterocycles. The smallest absolute Gasteiger partial charge is 0.237 e. The first-order valence-corrected chi connectivity index (χ1v) is 7.80. The first kappa shape index (κ1) is 14.8. The number of piperidine rings is 1. The Hall–Kier alpha value is -0.610. The Balaban J connectivity index is 1.83. The van der Waals surface area contributed by atoms with Gasteiger partial charge in [-0.25, -0.2) is 0 Å². The summed E-state index contributed by atoms with van der Waals surface area (Å²) in [4.78, 5) is 17.0. The summed E-state index contributed by atoms with van der Waals surface area (Å²) in [5.41, 5.74) is 0. The van der Waals surface area contributed by atoms with Gasteiger partial charge in [-0.3, -0.25) is 9.69 Å². The zero-order valence-electron chi connectivity index (χ0n) is 12.7. The molecule has 2 heterocycles. The monoisotopic (exact) mass is 267 g/mol. The molecule has 4 nitrogen and oxygen atoms in total. The Morgan fingerprint density at radius 3 is 2.53 bits per heavy atom. The number of likely N-dealkylation sites (tertiary alicyclic amines) is 2. The summed E-state index contributed by atoms with van der Waals surface area (Å²) in [5.74, 6) is 1.05. The molecule has 2 saturated heterocycles. The van der Waals surface area contributed by atoms with Crippen LogP contribution in [0.5, 0.6) is 0 Å². The number of nitrogens with one attached hydrogen (secondary N) is 1. The van der Waals surface area contributed by atoms with E-state index in [-0.39, 0.29) is 0 Å². The third-order valence-corrected chi connectivity index (χ3v) is 4.70. The number of hydrogen-bond donors (Lipinski definition) is 1. The third kappa shape index (κ3) is 3.69. The highest BCUT2D eigenvalue weighted by Crippen LogP contribution is 2.23. The summed E-state index contributed by atoms with van der Waals surface area (Å²) in [7, 11) is 2.00.